The molecule has 2 rings (SSSR count). The lowest BCUT2D eigenvalue weighted by molar-refractivity contribution is 0.239. The second kappa shape index (κ2) is 4.70. The highest BCUT2D eigenvalue weighted by Crippen LogP contribution is 2.28. The molecule has 1 amide bonds. The number of hydrogen-bond acceptors (Lipinski definition) is 3. The molecule has 0 saturated heterocycles. The van der Waals surface area contributed by atoms with Gasteiger partial charge in [0, 0.05) is 23.7 Å². The summed E-state index contributed by atoms with van der Waals surface area (Å²) < 4.78 is 1.48. The highest BCUT2D eigenvalue weighted by molar-refractivity contribution is 7.99. The third-order valence-electron chi connectivity index (χ3n) is 2.80. The van der Waals surface area contributed by atoms with Crippen molar-refractivity contribution in [1.29, 1.82) is 0 Å². The van der Waals surface area contributed by atoms with Crippen LogP contribution in [0.15, 0.2) is 18.7 Å². The molecule has 1 aromatic heterocycles. The number of carbonyl (C=O) groups is 1. The Morgan fingerprint density at radius 2 is 2.47 bits per heavy atom. The van der Waals surface area contributed by atoms with Crippen LogP contribution in [-0.2, 0) is 0 Å². The number of thioether (sulfide) groups is 1. The number of rotatable bonds is 2. The summed E-state index contributed by atoms with van der Waals surface area (Å²) in [4.78, 5) is 15.6. The molecule has 1 aliphatic carbocycles. The fraction of sp³-hybridized carbons (Fsp3) is 0.600. The van der Waals surface area contributed by atoms with Crippen LogP contribution in [0.3, 0.4) is 0 Å². The first kappa shape index (κ1) is 10.5. The Kier molecular flexibility index (Phi) is 3.30. The van der Waals surface area contributed by atoms with E-state index in [4.69, 9.17) is 0 Å². The zero-order chi connectivity index (χ0) is 10.7. The maximum Gasteiger partial charge on any atom is 0.327 e. The SMILES string of the molecule is CSC1CCCC1NC(=O)n1ccnc1. The van der Waals surface area contributed by atoms with Gasteiger partial charge in [-0.2, -0.15) is 11.8 Å². The molecule has 0 spiro atoms. The highest BCUT2D eigenvalue weighted by atomic mass is 32.2. The Morgan fingerprint density at radius 3 is 3.13 bits per heavy atom. The van der Waals surface area contributed by atoms with Crippen molar-refractivity contribution in [2.45, 2.75) is 30.6 Å². The van der Waals surface area contributed by atoms with Gasteiger partial charge in [-0.05, 0) is 19.1 Å². The molecule has 1 heterocycles. The predicted molar refractivity (Wildman–Crippen MR) is 61.1 cm³/mol. The smallest absolute Gasteiger partial charge is 0.327 e. The van der Waals surface area contributed by atoms with Gasteiger partial charge in [-0.1, -0.05) is 6.42 Å². The van der Waals surface area contributed by atoms with E-state index in [0.717, 1.165) is 6.42 Å². The van der Waals surface area contributed by atoms with Crippen LogP contribution in [0.2, 0.25) is 0 Å². The van der Waals surface area contributed by atoms with Crippen LogP contribution in [0.4, 0.5) is 4.79 Å². The van der Waals surface area contributed by atoms with Crippen molar-refractivity contribution in [3.63, 3.8) is 0 Å². The van der Waals surface area contributed by atoms with Crippen molar-refractivity contribution in [2.24, 2.45) is 0 Å². The third-order valence-corrected chi connectivity index (χ3v) is 3.97. The molecule has 0 aliphatic heterocycles. The largest absolute Gasteiger partial charge is 0.334 e. The van der Waals surface area contributed by atoms with Gasteiger partial charge < -0.3 is 5.32 Å². The Morgan fingerprint density at radius 1 is 1.60 bits per heavy atom. The molecule has 1 fully saturated rings. The molecule has 0 bridgehead atoms. The number of nitrogens with one attached hydrogen (secondary N) is 1. The lowest BCUT2D eigenvalue weighted by Crippen LogP contribution is -2.40. The number of aromatic nitrogens is 2. The van der Waals surface area contributed by atoms with Crippen LogP contribution in [0, 0.1) is 0 Å². The Hall–Kier alpha value is -0.970. The van der Waals surface area contributed by atoms with Gasteiger partial charge in [-0.3, -0.25) is 4.57 Å². The van der Waals surface area contributed by atoms with Crippen LogP contribution < -0.4 is 5.32 Å². The molecule has 2 unspecified atom stereocenters. The lowest BCUT2D eigenvalue weighted by Gasteiger charge is -2.18. The van der Waals surface area contributed by atoms with E-state index in [2.05, 4.69) is 16.6 Å². The summed E-state index contributed by atoms with van der Waals surface area (Å²) in [6.45, 7) is 0. The van der Waals surface area contributed by atoms with E-state index < -0.39 is 0 Å². The van der Waals surface area contributed by atoms with Crippen LogP contribution in [0.5, 0.6) is 0 Å². The zero-order valence-electron chi connectivity index (χ0n) is 8.72. The normalized spacial score (nSPS) is 25.4. The zero-order valence-corrected chi connectivity index (χ0v) is 9.54. The molecule has 0 aromatic carbocycles. The van der Waals surface area contributed by atoms with E-state index in [1.807, 2.05) is 11.8 Å². The molecule has 1 aromatic rings. The van der Waals surface area contributed by atoms with Crippen molar-refractivity contribution in [3.8, 4) is 0 Å². The van der Waals surface area contributed by atoms with Crippen LogP contribution in [0.25, 0.3) is 0 Å². The monoisotopic (exact) mass is 225 g/mol. The van der Waals surface area contributed by atoms with E-state index in [0.29, 0.717) is 11.3 Å². The third kappa shape index (κ3) is 2.34. The topological polar surface area (TPSA) is 46.9 Å². The van der Waals surface area contributed by atoms with Gasteiger partial charge in [-0.25, -0.2) is 9.78 Å². The van der Waals surface area contributed by atoms with Crippen molar-refractivity contribution in [2.75, 3.05) is 6.26 Å². The van der Waals surface area contributed by atoms with Gasteiger partial charge in [0.25, 0.3) is 0 Å². The Labute approximate surface area is 93.5 Å². The molecule has 1 aliphatic rings. The number of nitrogens with zero attached hydrogens (tertiary/aromatic N) is 2. The summed E-state index contributed by atoms with van der Waals surface area (Å²) in [6.07, 6.45) is 10.4. The molecule has 82 valence electrons. The average molecular weight is 225 g/mol. The molecule has 1 N–H and O–H groups in total. The molecule has 2 atom stereocenters. The maximum atomic E-state index is 11.7. The summed E-state index contributed by atoms with van der Waals surface area (Å²) in [5.74, 6) is 0. The van der Waals surface area contributed by atoms with E-state index >= 15 is 0 Å². The van der Waals surface area contributed by atoms with Gasteiger partial charge in [0.15, 0.2) is 0 Å². The standard InChI is InChI=1S/C10H15N3OS/c1-15-9-4-2-3-8(9)12-10(14)13-6-5-11-7-13/h5-9H,2-4H2,1H3,(H,12,14). The second-order valence-corrected chi connectivity index (χ2v) is 4.81. The lowest BCUT2D eigenvalue weighted by atomic mass is 10.2. The molecule has 5 heteroatoms. The number of amides is 1. The van der Waals surface area contributed by atoms with Gasteiger partial charge in [0.2, 0.25) is 0 Å². The summed E-state index contributed by atoms with van der Waals surface area (Å²) in [7, 11) is 0. The van der Waals surface area contributed by atoms with Crippen LogP contribution in [0.1, 0.15) is 19.3 Å². The van der Waals surface area contributed by atoms with Crippen molar-refractivity contribution in [1.82, 2.24) is 14.9 Å². The van der Waals surface area contributed by atoms with E-state index in [1.165, 1.54) is 23.7 Å². The highest BCUT2D eigenvalue weighted by Gasteiger charge is 2.27. The minimum atomic E-state index is -0.0709. The van der Waals surface area contributed by atoms with Gasteiger partial charge >= 0.3 is 6.03 Å². The van der Waals surface area contributed by atoms with Gasteiger partial charge in [0.1, 0.15) is 6.33 Å². The molecule has 0 radical (unpaired) electrons. The fourth-order valence-corrected chi connectivity index (χ4v) is 2.92. The van der Waals surface area contributed by atoms with Gasteiger partial charge in [-0.15, -0.1) is 0 Å². The number of hydrogen-bond donors (Lipinski definition) is 1. The number of imidazole rings is 1. The summed E-state index contributed by atoms with van der Waals surface area (Å²) in [5.41, 5.74) is 0. The van der Waals surface area contributed by atoms with E-state index in [9.17, 15) is 4.79 Å². The van der Waals surface area contributed by atoms with Crippen LogP contribution in [-0.4, -0.2) is 33.1 Å². The van der Waals surface area contributed by atoms with Gasteiger partial charge in [0.05, 0.1) is 0 Å². The Balaban J connectivity index is 1.94. The van der Waals surface area contributed by atoms with Crippen molar-refractivity contribution < 1.29 is 4.79 Å². The minimum absolute atomic E-state index is 0.0709. The minimum Gasteiger partial charge on any atom is -0.334 e. The quantitative estimate of drug-likeness (QED) is 0.833. The first-order valence-corrected chi connectivity index (χ1v) is 6.41. The van der Waals surface area contributed by atoms with Crippen molar-refractivity contribution >= 4 is 17.8 Å². The van der Waals surface area contributed by atoms with Crippen LogP contribution >= 0.6 is 11.8 Å². The summed E-state index contributed by atoms with van der Waals surface area (Å²) in [5, 5.41) is 3.61. The summed E-state index contributed by atoms with van der Waals surface area (Å²) >= 11 is 1.84. The molecule has 15 heavy (non-hydrogen) atoms. The van der Waals surface area contributed by atoms with E-state index in [1.54, 1.807) is 12.4 Å². The first-order valence-electron chi connectivity index (χ1n) is 5.13. The number of carbonyl (C=O) groups excluding carboxylic acids is 1. The maximum absolute atomic E-state index is 11.7. The second-order valence-electron chi connectivity index (χ2n) is 3.73. The predicted octanol–water partition coefficient (Wildman–Crippen LogP) is 1.72. The molecule has 4 nitrogen and oxygen atoms in total. The first-order chi connectivity index (χ1) is 7.31. The molecular weight excluding hydrogens is 210 g/mol. The molecule has 1 saturated carbocycles. The Bertz CT molecular complexity index is 325. The summed E-state index contributed by atoms with van der Waals surface area (Å²) in [6, 6.07) is 0.244. The van der Waals surface area contributed by atoms with Crippen molar-refractivity contribution in [3.05, 3.63) is 18.7 Å². The average Bonchev–Trinajstić information content (AvgIpc) is 2.87. The van der Waals surface area contributed by atoms with E-state index in [-0.39, 0.29) is 6.03 Å². The molecular formula is C10H15N3OS. The fourth-order valence-electron chi connectivity index (χ4n) is 1.99.